The van der Waals surface area contributed by atoms with Crippen molar-refractivity contribution >= 4 is 21.8 Å². The van der Waals surface area contributed by atoms with Crippen LogP contribution in [0.15, 0.2) is 15.2 Å². The maximum atomic E-state index is 12.5. The van der Waals surface area contributed by atoms with Gasteiger partial charge in [-0.05, 0) is 48.2 Å². The first-order chi connectivity index (χ1) is 8.66. The van der Waals surface area contributed by atoms with Gasteiger partial charge in [-0.1, -0.05) is 0 Å². The summed E-state index contributed by atoms with van der Waals surface area (Å²) < 4.78 is 11.8. The largest absolute Gasteiger partial charge is 0.444 e. The topological polar surface area (TPSA) is 42.7 Å². The molecule has 4 nitrogen and oxygen atoms in total. The predicted octanol–water partition coefficient (Wildman–Crippen LogP) is 2.74. The fraction of sp³-hybridized carbons (Fsp3) is 0.615. The van der Waals surface area contributed by atoms with Gasteiger partial charge in [0.1, 0.15) is 0 Å². The van der Waals surface area contributed by atoms with Gasteiger partial charge >= 0.3 is 0 Å². The summed E-state index contributed by atoms with van der Waals surface area (Å²) in [5.41, 5.74) is 0.882. The number of morpholine rings is 1. The molecule has 1 aromatic heterocycles. The molecule has 1 saturated heterocycles. The van der Waals surface area contributed by atoms with Crippen molar-refractivity contribution in [3.63, 3.8) is 0 Å². The highest BCUT2D eigenvalue weighted by molar-refractivity contribution is 9.10. The second-order valence-electron chi connectivity index (χ2n) is 4.97. The quantitative estimate of drug-likeness (QED) is 0.800. The van der Waals surface area contributed by atoms with E-state index in [2.05, 4.69) is 15.9 Å². The molecule has 2 atom stereocenters. The zero-order valence-electron chi connectivity index (χ0n) is 10.3. The van der Waals surface area contributed by atoms with Gasteiger partial charge in [0.25, 0.3) is 5.91 Å². The van der Waals surface area contributed by atoms with Gasteiger partial charge in [0.05, 0.1) is 18.8 Å². The minimum Gasteiger partial charge on any atom is -0.444 e. The number of carbonyl (C=O) groups is 1. The molecule has 1 aromatic rings. The van der Waals surface area contributed by atoms with E-state index in [-0.39, 0.29) is 18.1 Å². The SMILES string of the molecule is Cc1cc(Br)oc1C(=O)N1CCOC2CCCC21. The number of hydrogen-bond acceptors (Lipinski definition) is 3. The van der Waals surface area contributed by atoms with E-state index in [4.69, 9.17) is 9.15 Å². The van der Waals surface area contributed by atoms with Crippen LogP contribution in [0.1, 0.15) is 35.4 Å². The molecule has 1 aliphatic carbocycles. The first-order valence-corrected chi connectivity index (χ1v) is 7.14. The highest BCUT2D eigenvalue weighted by Gasteiger charge is 2.39. The average Bonchev–Trinajstić information content (AvgIpc) is 2.94. The molecule has 0 N–H and O–H groups in total. The van der Waals surface area contributed by atoms with E-state index >= 15 is 0 Å². The van der Waals surface area contributed by atoms with Gasteiger partial charge < -0.3 is 14.1 Å². The van der Waals surface area contributed by atoms with Crippen molar-refractivity contribution in [3.05, 3.63) is 22.1 Å². The Morgan fingerprint density at radius 1 is 1.50 bits per heavy atom. The number of hydrogen-bond donors (Lipinski definition) is 0. The Labute approximate surface area is 114 Å². The lowest BCUT2D eigenvalue weighted by molar-refractivity contribution is -0.0454. The number of fused-ring (bicyclic) bond motifs is 1. The van der Waals surface area contributed by atoms with E-state index in [1.54, 1.807) is 0 Å². The molecule has 0 radical (unpaired) electrons. The standard InChI is InChI=1S/C13H16BrNO3/c1-8-7-11(14)18-12(8)13(16)15-5-6-17-10-4-2-3-9(10)15/h7,9-10H,2-6H2,1H3. The molecule has 5 heteroatoms. The second-order valence-corrected chi connectivity index (χ2v) is 5.75. The third-order valence-electron chi connectivity index (χ3n) is 3.82. The number of amides is 1. The molecule has 0 spiro atoms. The fourth-order valence-electron chi connectivity index (χ4n) is 2.96. The van der Waals surface area contributed by atoms with Gasteiger partial charge in [-0.2, -0.15) is 0 Å². The van der Waals surface area contributed by atoms with Crippen LogP contribution < -0.4 is 0 Å². The first-order valence-electron chi connectivity index (χ1n) is 6.35. The zero-order chi connectivity index (χ0) is 12.7. The molecule has 1 saturated carbocycles. The van der Waals surface area contributed by atoms with Gasteiger partial charge in [0.15, 0.2) is 10.4 Å². The molecular formula is C13H16BrNO3. The van der Waals surface area contributed by atoms with Gasteiger partial charge in [-0.25, -0.2) is 0 Å². The summed E-state index contributed by atoms with van der Waals surface area (Å²) in [7, 11) is 0. The Balaban J connectivity index is 1.85. The van der Waals surface area contributed by atoms with Crippen molar-refractivity contribution < 1.29 is 13.9 Å². The Morgan fingerprint density at radius 3 is 3.06 bits per heavy atom. The maximum Gasteiger partial charge on any atom is 0.290 e. The van der Waals surface area contributed by atoms with Crippen LogP contribution in [-0.4, -0.2) is 36.1 Å². The van der Waals surface area contributed by atoms with E-state index in [1.165, 1.54) is 0 Å². The Bertz CT molecular complexity index is 471. The van der Waals surface area contributed by atoms with Crippen molar-refractivity contribution in [1.82, 2.24) is 4.90 Å². The van der Waals surface area contributed by atoms with Crippen molar-refractivity contribution in [2.45, 2.75) is 38.3 Å². The van der Waals surface area contributed by atoms with Crippen LogP contribution >= 0.6 is 15.9 Å². The highest BCUT2D eigenvalue weighted by Crippen LogP contribution is 2.31. The molecule has 1 aliphatic heterocycles. The summed E-state index contributed by atoms with van der Waals surface area (Å²) in [6.07, 6.45) is 3.47. The van der Waals surface area contributed by atoms with Crippen LogP contribution in [0, 0.1) is 6.92 Å². The van der Waals surface area contributed by atoms with E-state index in [0.717, 1.165) is 24.8 Å². The second kappa shape index (κ2) is 4.70. The molecule has 1 amide bonds. The molecule has 98 valence electrons. The molecule has 0 aromatic carbocycles. The highest BCUT2D eigenvalue weighted by atomic mass is 79.9. The lowest BCUT2D eigenvalue weighted by Gasteiger charge is -2.37. The summed E-state index contributed by atoms with van der Waals surface area (Å²) in [5.74, 6) is 0.452. The van der Waals surface area contributed by atoms with Crippen LogP contribution in [-0.2, 0) is 4.74 Å². The van der Waals surface area contributed by atoms with Crippen molar-refractivity contribution in [2.24, 2.45) is 0 Å². The monoisotopic (exact) mass is 313 g/mol. The lowest BCUT2D eigenvalue weighted by atomic mass is 10.1. The van der Waals surface area contributed by atoms with Crippen molar-refractivity contribution in [3.8, 4) is 0 Å². The van der Waals surface area contributed by atoms with Crippen LogP contribution in [0.3, 0.4) is 0 Å². The van der Waals surface area contributed by atoms with Crippen molar-refractivity contribution in [1.29, 1.82) is 0 Å². The summed E-state index contributed by atoms with van der Waals surface area (Å²) in [6, 6.07) is 2.06. The number of ether oxygens (including phenoxy) is 1. The number of nitrogens with zero attached hydrogens (tertiary/aromatic N) is 1. The fourth-order valence-corrected chi connectivity index (χ4v) is 3.47. The van der Waals surface area contributed by atoms with Gasteiger partial charge in [-0.15, -0.1) is 0 Å². The van der Waals surface area contributed by atoms with Gasteiger partial charge in [0, 0.05) is 12.1 Å². The zero-order valence-corrected chi connectivity index (χ0v) is 11.9. The van der Waals surface area contributed by atoms with Crippen LogP contribution in [0.25, 0.3) is 0 Å². The minimum atomic E-state index is -0.00148. The molecule has 2 unspecified atom stereocenters. The van der Waals surface area contributed by atoms with Gasteiger partial charge in [-0.3, -0.25) is 4.79 Å². The third kappa shape index (κ3) is 1.99. The molecule has 3 rings (SSSR count). The van der Waals surface area contributed by atoms with E-state index in [9.17, 15) is 4.79 Å². The normalized spacial score (nSPS) is 27.3. The number of aryl methyl sites for hydroxylation is 1. The number of halogens is 1. The van der Waals surface area contributed by atoms with Gasteiger partial charge in [0.2, 0.25) is 0 Å². The maximum absolute atomic E-state index is 12.5. The predicted molar refractivity (Wildman–Crippen MR) is 69.6 cm³/mol. The Morgan fingerprint density at radius 2 is 2.33 bits per heavy atom. The average molecular weight is 314 g/mol. The molecule has 18 heavy (non-hydrogen) atoms. The summed E-state index contributed by atoms with van der Waals surface area (Å²) in [4.78, 5) is 14.5. The van der Waals surface area contributed by atoms with E-state index in [1.807, 2.05) is 17.9 Å². The summed E-state index contributed by atoms with van der Waals surface area (Å²) in [5, 5.41) is 0. The van der Waals surface area contributed by atoms with E-state index < -0.39 is 0 Å². The Hall–Kier alpha value is -0.810. The third-order valence-corrected chi connectivity index (χ3v) is 4.22. The van der Waals surface area contributed by atoms with Crippen LogP contribution in [0.2, 0.25) is 0 Å². The molecule has 2 heterocycles. The minimum absolute atomic E-state index is 0.00148. The first kappa shape index (κ1) is 12.2. The van der Waals surface area contributed by atoms with E-state index in [0.29, 0.717) is 23.6 Å². The molecular weight excluding hydrogens is 298 g/mol. The van der Waals surface area contributed by atoms with Crippen molar-refractivity contribution in [2.75, 3.05) is 13.2 Å². The summed E-state index contributed by atoms with van der Waals surface area (Å²) >= 11 is 3.27. The number of furan rings is 1. The lowest BCUT2D eigenvalue weighted by Crippen LogP contribution is -2.51. The smallest absolute Gasteiger partial charge is 0.290 e. The van der Waals surface area contributed by atoms with Crippen LogP contribution in [0.4, 0.5) is 0 Å². The molecule has 0 bridgehead atoms. The van der Waals surface area contributed by atoms with Crippen LogP contribution in [0.5, 0.6) is 0 Å². The molecule has 2 fully saturated rings. The molecule has 2 aliphatic rings. The number of carbonyl (C=O) groups excluding carboxylic acids is 1. The number of rotatable bonds is 1. The summed E-state index contributed by atoms with van der Waals surface area (Å²) in [6.45, 7) is 3.19. The Kier molecular flexibility index (Phi) is 3.20.